The zero-order valence-electron chi connectivity index (χ0n) is 17.8. The third kappa shape index (κ3) is 3.78. The van der Waals surface area contributed by atoms with Crippen LogP contribution in [0, 0.1) is 0 Å². The van der Waals surface area contributed by atoms with Gasteiger partial charge in [-0.2, -0.15) is 10.2 Å². The summed E-state index contributed by atoms with van der Waals surface area (Å²) in [6.07, 6.45) is 11.8. The first-order valence-electron chi connectivity index (χ1n) is 11.4. The van der Waals surface area contributed by atoms with Gasteiger partial charge in [0.1, 0.15) is 0 Å². The highest BCUT2D eigenvalue weighted by Crippen LogP contribution is 2.33. The van der Waals surface area contributed by atoms with Crippen LogP contribution in [0.3, 0.4) is 0 Å². The summed E-state index contributed by atoms with van der Waals surface area (Å²) in [5.41, 5.74) is 3.91. The number of nitrogens with one attached hydrogen (secondary N) is 1. The fourth-order valence-electron chi connectivity index (χ4n) is 5.29. The topological polar surface area (TPSA) is 79.3 Å². The van der Waals surface area contributed by atoms with Gasteiger partial charge in [0.2, 0.25) is 0 Å². The first kappa shape index (κ1) is 19.8. The third-order valence-electron chi connectivity index (χ3n) is 6.83. The van der Waals surface area contributed by atoms with E-state index in [1.165, 1.54) is 19.3 Å². The Hall–Kier alpha value is -2.19. The van der Waals surface area contributed by atoms with E-state index in [1.54, 1.807) is 4.68 Å². The summed E-state index contributed by atoms with van der Waals surface area (Å²) in [5, 5.41) is 12.0. The van der Waals surface area contributed by atoms with Crippen LogP contribution in [0.5, 0.6) is 0 Å². The van der Waals surface area contributed by atoms with Crippen LogP contribution in [0.25, 0.3) is 0 Å². The van der Waals surface area contributed by atoms with E-state index >= 15 is 0 Å². The largest absolute Gasteiger partial charge is 0.373 e. The van der Waals surface area contributed by atoms with Gasteiger partial charge in [-0.15, -0.1) is 0 Å². The van der Waals surface area contributed by atoms with Crippen LogP contribution in [-0.2, 0) is 24.6 Å². The average molecular weight is 413 g/mol. The molecule has 1 aliphatic carbocycles. The summed E-state index contributed by atoms with van der Waals surface area (Å²) in [7, 11) is 1.92. The average Bonchev–Trinajstić information content (AvgIpc) is 3.40. The summed E-state index contributed by atoms with van der Waals surface area (Å²) < 4.78 is 8.07. The van der Waals surface area contributed by atoms with Crippen molar-refractivity contribution >= 4 is 5.91 Å². The van der Waals surface area contributed by atoms with Gasteiger partial charge in [-0.05, 0) is 51.6 Å². The maximum Gasteiger partial charge on any atom is 0.275 e. The second-order valence-electron chi connectivity index (χ2n) is 8.90. The minimum atomic E-state index is -0.141. The van der Waals surface area contributed by atoms with Crippen molar-refractivity contribution in [3.05, 3.63) is 34.9 Å². The van der Waals surface area contributed by atoms with E-state index in [0.29, 0.717) is 18.8 Å². The molecule has 2 aromatic rings. The molecule has 2 fully saturated rings. The molecule has 0 unspecified atom stereocenters. The summed E-state index contributed by atoms with van der Waals surface area (Å²) in [5.74, 6) is 0.0233. The number of hydrogen-bond donors (Lipinski definition) is 1. The minimum absolute atomic E-state index is 0.0233. The Morgan fingerprint density at radius 1 is 1.17 bits per heavy atom. The number of carbonyl (C=O) groups is 1. The molecule has 8 heteroatoms. The van der Waals surface area contributed by atoms with E-state index < -0.39 is 0 Å². The van der Waals surface area contributed by atoms with E-state index in [-0.39, 0.29) is 18.1 Å². The lowest BCUT2D eigenvalue weighted by Gasteiger charge is -2.43. The molecule has 162 valence electrons. The number of fused-ring (bicyclic) bond motifs is 1. The number of aromatic amines is 1. The molecule has 0 aromatic carbocycles. The highest BCUT2D eigenvalue weighted by Gasteiger charge is 2.40. The lowest BCUT2D eigenvalue weighted by molar-refractivity contribution is -0.0743. The molecule has 5 rings (SSSR count). The quantitative estimate of drug-likeness (QED) is 0.832. The van der Waals surface area contributed by atoms with Crippen molar-refractivity contribution in [2.75, 3.05) is 32.8 Å². The predicted molar refractivity (Wildman–Crippen MR) is 112 cm³/mol. The molecule has 0 bridgehead atoms. The van der Waals surface area contributed by atoms with Crippen molar-refractivity contribution in [3.8, 4) is 0 Å². The van der Waals surface area contributed by atoms with Crippen LogP contribution in [-0.4, -0.2) is 74.6 Å². The Morgan fingerprint density at radius 2 is 2.00 bits per heavy atom. The molecular formula is C22H32N6O2. The van der Waals surface area contributed by atoms with Crippen molar-refractivity contribution in [1.82, 2.24) is 29.8 Å². The van der Waals surface area contributed by atoms with Gasteiger partial charge in [-0.25, -0.2) is 0 Å². The van der Waals surface area contributed by atoms with Gasteiger partial charge in [0.05, 0.1) is 24.9 Å². The zero-order valence-corrected chi connectivity index (χ0v) is 17.8. The van der Waals surface area contributed by atoms with Crippen molar-refractivity contribution in [2.24, 2.45) is 7.05 Å². The smallest absolute Gasteiger partial charge is 0.275 e. The zero-order chi connectivity index (χ0) is 20.5. The first-order chi connectivity index (χ1) is 14.7. The Bertz CT molecular complexity index is 884. The number of ether oxygens (including phenoxy) is 1. The number of aromatic nitrogens is 4. The molecule has 30 heavy (non-hydrogen) atoms. The Balaban J connectivity index is 1.44. The number of amides is 1. The Labute approximate surface area is 177 Å². The molecule has 2 atom stereocenters. The predicted octanol–water partition coefficient (Wildman–Crippen LogP) is 2.09. The fraction of sp³-hybridized carbons (Fsp3) is 0.682. The molecule has 2 aromatic heterocycles. The van der Waals surface area contributed by atoms with Crippen molar-refractivity contribution < 1.29 is 9.53 Å². The maximum absolute atomic E-state index is 13.7. The number of piperidine rings is 1. The lowest BCUT2D eigenvalue weighted by atomic mass is 9.94. The van der Waals surface area contributed by atoms with Crippen LogP contribution in [0.1, 0.15) is 65.5 Å². The van der Waals surface area contributed by atoms with E-state index in [1.807, 2.05) is 24.3 Å². The van der Waals surface area contributed by atoms with Crippen molar-refractivity contribution in [3.63, 3.8) is 0 Å². The van der Waals surface area contributed by atoms with E-state index in [2.05, 4.69) is 20.2 Å². The molecule has 3 aliphatic rings. The lowest BCUT2D eigenvalue weighted by Crippen LogP contribution is -2.52. The molecule has 8 nitrogen and oxygen atoms in total. The number of nitrogens with zero attached hydrogens (tertiary/aromatic N) is 5. The molecule has 0 spiro atoms. The Kier molecular flexibility index (Phi) is 5.60. The number of aryl methyl sites for hydroxylation is 2. The van der Waals surface area contributed by atoms with E-state index in [9.17, 15) is 4.79 Å². The standard InChI is InChI=1S/C22H32N6O2/c1-26-14-16(13-23-26)21-19(15-27-9-5-2-6-10-27)30-12-11-28(21)22(29)20-17-7-3-4-8-18(17)24-25-20/h13-14,19,21H,2-12,15H2,1H3,(H,24,25)/t19-,21-/m0/s1. The molecule has 4 heterocycles. The van der Waals surface area contributed by atoms with Gasteiger partial charge in [-0.3, -0.25) is 14.6 Å². The number of morpholine rings is 1. The van der Waals surface area contributed by atoms with Gasteiger partial charge in [0, 0.05) is 43.2 Å². The summed E-state index contributed by atoms with van der Waals surface area (Å²) in [4.78, 5) is 18.2. The van der Waals surface area contributed by atoms with Gasteiger partial charge in [0.15, 0.2) is 5.69 Å². The number of rotatable bonds is 4. The number of carbonyl (C=O) groups excluding carboxylic acids is 1. The molecule has 2 saturated heterocycles. The van der Waals surface area contributed by atoms with Crippen molar-refractivity contribution in [2.45, 2.75) is 57.1 Å². The van der Waals surface area contributed by atoms with Crippen LogP contribution in [0.4, 0.5) is 0 Å². The van der Waals surface area contributed by atoms with E-state index in [0.717, 1.165) is 62.1 Å². The monoisotopic (exact) mass is 412 g/mol. The van der Waals surface area contributed by atoms with Crippen molar-refractivity contribution in [1.29, 1.82) is 0 Å². The molecule has 2 aliphatic heterocycles. The second kappa shape index (κ2) is 8.51. The molecule has 1 amide bonds. The molecular weight excluding hydrogens is 380 g/mol. The van der Waals surface area contributed by atoms with Crippen LogP contribution < -0.4 is 0 Å². The Morgan fingerprint density at radius 3 is 2.80 bits per heavy atom. The second-order valence-corrected chi connectivity index (χ2v) is 8.90. The van der Waals surface area contributed by atoms with E-state index in [4.69, 9.17) is 4.74 Å². The normalized spacial score (nSPS) is 25.3. The van der Waals surface area contributed by atoms with Crippen LogP contribution in [0.15, 0.2) is 12.4 Å². The number of hydrogen-bond acceptors (Lipinski definition) is 5. The minimum Gasteiger partial charge on any atom is -0.373 e. The van der Waals surface area contributed by atoms with Gasteiger partial charge in [0.25, 0.3) is 5.91 Å². The SMILES string of the molecule is Cn1cc([C@H]2[C@H](CN3CCCCC3)OCCN2C(=O)c2n[nH]c3c2CCCC3)cn1. The number of H-pyrrole nitrogens is 1. The van der Waals surface area contributed by atoms with Gasteiger partial charge >= 0.3 is 0 Å². The van der Waals surface area contributed by atoms with Gasteiger partial charge < -0.3 is 14.5 Å². The highest BCUT2D eigenvalue weighted by molar-refractivity contribution is 5.94. The van der Waals surface area contributed by atoms with Gasteiger partial charge in [-0.1, -0.05) is 6.42 Å². The number of likely N-dealkylation sites (tertiary alicyclic amines) is 1. The fourth-order valence-corrected chi connectivity index (χ4v) is 5.29. The summed E-state index contributed by atoms with van der Waals surface area (Å²) in [6.45, 7) is 4.22. The van der Waals surface area contributed by atoms with Crippen LogP contribution >= 0.6 is 0 Å². The van der Waals surface area contributed by atoms with Crippen LogP contribution in [0.2, 0.25) is 0 Å². The molecule has 0 saturated carbocycles. The highest BCUT2D eigenvalue weighted by atomic mass is 16.5. The first-order valence-corrected chi connectivity index (χ1v) is 11.4. The molecule has 1 N–H and O–H groups in total. The summed E-state index contributed by atoms with van der Waals surface area (Å²) in [6, 6.07) is -0.141. The maximum atomic E-state index is 13.7. The summed E-state index contributed by atoms with van der Waals surface area (Å²) >= 11 is 0. The third-order valence-corrected chi connectivity index (χ3v) is 6.83. The molecule has 0 radical (unpaired) electrons.